The number of hydrogen-bond acceptors (Lipinski definition) is 3. The van der Waals surface area contributed by atoms with E-state index in [4.69, 9.17) is 9.84 Å². The topological polar surface area (TPSA) is 46.5 Å². The molecule has 0 heterocycles. The summed E-state index contributed by atoms with van der Waals surface area (Å²) in [5, 5.41) is 9.08. The van der Waals surface area contributed by atoms with Gasteiger partial charge in [-0.25, -0.2) is 0 Å². The molecule has 0 amide bonds. The number of carboxylic acids is 1. The van der Waals surface area contributed by atoms with E-state index in [0.717, 1.165) is 12.8 Å². The van der Waals surface area contributed by atoms with Gasteiger partial charge in [-0.05, 0) is 32.1 Å². The number of allylic oxidation sites excluding steroid dienone is 2. The molecule has 1 aliphatic rings. The van der Waals surface area contributed by atoms with Gasteiger partial charge >= 0.3 is 5.97 Å². The minimum absolute atomic E-state index is 0.246. The maximum atomic E-state index is 10.5. The van der Waals surface area contributed by atoms with Crippen LogP contribution in [0, 0.1) is 5.92 Å². The fourth-order valence-corrected chi connectivity index (χ4v) is 3.65. The molecule has 0 bridgehead atoms. The molecule has 3 atom stereocenters. The highest BCUT2D eigenvalue weighted by Gasteiger charge is 2.29. The Morgan fingerprint density at radius 3 is 2.88 bits per heavy atom. The van der Waals surface area contributed by atoms with Crippen LogP contribution in [0.1, 0.15) is 32.6 Å². The average molecular weight is 258 g/mol. The molecule has 98 valence electrons. The lowest BCUT2D eigenvalue weighted by molar-refractivity contribution is -0.136. The van der Waals surface area contributed by atoms with Crippen LogP contribution in [0.5, 0.6) is 0 Å². The van der Waals surface area contributed by atoms with E-state index in [1.807, 2.05) is 0 Å². The molecule has 0 aliphatic heterocycles. The largest absolute Gasteiger partial charge is 0.481 e. The van der Waals surface area contributed by atoms with E-state index in [0.29, 0.717) is 16.9 Å². The van der Waals surface area contributed by atoms with Crippen molar-refractivity contribution in [3.8, 4) is 0 Å². The summed E-state index contributed by atoms with van der Waals surface area (Å²) in [6, 6.07) is 0. The van der Waals surface area contributed by atoms with Crippen LogP contribution in [-0.4, -0.2) is 35.3 Å². The third-order valence-corrected chi connectivity index (χ3v) is 4.59. The highest BCUT2D eigenvalue weighted by Crippen LogP contribution is 2.34. The number of methoxy groups -OCH3 is 1. The molecule has 0 aromatic carbocycles. The van der Waals surface area contributed by atoms with Gasteiger partial charge in [0.25, 0.3) is 0 Å². The lowest BCUT2D eigenvalue weighted by atomic mass is 9.86. The quantitative estimate of drug-likeness (QED) is 0.744. The summed E-state index contributed by atoms with van der Waals surface area (Å²) in [7, 11) is 1.76. The zero-order chi connectivity index (χ0) is 12.7. The van der Waals surface area contributed by atoms with Gasteiger partial charge in [-0.2, -0.15) is 11.8 Å². The molecule has 0 aromatic rings. The molecule has 0 spiro atoms. The zero-order valence-corrected chi connectivity index (χ0v) is 11.4. The van der Waals surface area contributed by atoms with E-state index in [9.17, 15) is 4.79 Å². The summed E-state index contributed by atoms with van der Waals surface area (Å²) in [5.41, 5.74) is 0. The molecular weight excluding hydrogens is 236 g/mol. The molecule has 1 N–H and O–H groups in total. The fourth-order valence-electron chi connectivity index (χ4n) is 2.32. The molecule has 0 saturated heterocycles. The van der Waals surface area contributed by atoms with Crippen LogP contribution in [0.3, 0.4) is 0 Å². The van der Waals surface area contributed by atoms with Gasteiger partial charge in [-0.3, -0.25) is 4.79 Å². The second-order valence-electron chi connectivity index (χ2n) is 4.43. The summed E-state index contributed by atoms with van der Waals surface area (Å²) in [4.78, 5) is 10.5. The van der Waals surface area contributed by atoms with Crippen molar-refractivity contribution >= 4 is 17.7 Å². The average Bonchev–Trinajstić information content (AvgIpc) is 2.30. The van der Waals surface area contributed by atoms with Crippen LogP contribution in [0.25, 0.3) is 0 Å². The summed E-state index contributed by atoms with van der Waals surface area (Å²) in [5.74, 6) is 0.601. The number of aliphatic carboxylic acids is 1. The lowest BCUT2D eigenvalue weighted by Gasteiger charge is -2.33. The first-order valence-electron chi connectivity index (χ1n) is 6.16. The Hall–Kier alpha value is -0.480. The van der Waals surface area contributed by atoms with E-state index >= 15 is 0 Å². The zero-order valence-electron chi connectivity index (χ0n) is 10.6. The van der Waals surface area contributed by atoms with Crippen LogP contribution < -0.4 is 0 Å². The van der Waals surface area contributed by atoms with E-state index in [2.05, 4.69) is 19.1 Å². The number of carboxylic acid groups (broad SMARTS) is 1. The van der Waals surface area contributed by atoms with Crippen molar-refractivity contribution in [2.45, 2.75) is 44.0 Å². The first-order valence-corrected chi connectivity index (χ1v) is 7.21. The highest BCUT2D eigenvalue weighted by molar-refractivity contribution is 7.99. The molecule has 2 unspecified atom stereocenters. The van der Waals surface area contributed by atoms with Gasteiger partial charge in [0.15, 0.2) is 0 Å². The number of rotatable bonds is 6. The van der Waals surface area contributed by atoms with Gasteiger partial charge in [-0.1, -0.05) is 12.2 Å². The number of thioether (sulfide) groups is 1. The van der Waals surface area contributed by atoms with Crippen molar-refractivity contribution in [2.75, 3.05) is 12.9 Å². The third kappa shape index (κ3) is 5.13. The molecular formula is C13H22O3S. The van der Waals surface area contributed by atoms with Crippen LogP contribution in [-0.2, 0) is 9.53 Å². The van der Waals surface area contributed by atoms with Gasteiger partial charge in [0.1, 0.15) is 0 Å². The molecule has 1 rings (SSSR count). The normalized spacial score (nSPS) is 29.6. The molecule has 4 heteroatoms. The van der Waals surface area contributed by atoms with Crippen molar-refractivity contribution in [3.63, 3.8) is 0 Å². The first-order chi connectivity index (χ1) is 8.17. The Bertz CT molecular complexity index is 265. The van der Waals surface area contributed by atoms with Crippen molar-refractivity contribution in [2.24, 2.45) is 5.92 Å². The second kappa shape index (κ2) is 7.77. The van der Waals surface area contributed by atoms with E-state index < -0.39 is 5.97 Å². The Morgan fingerprint density at radius 1 is 1.53 bits per heavy atom. The number of carbonyl (C=O) groups is 1. The van der Waals surface area contributed by atoms with Crippen molar-refractivity contribution in [1.82, 2.24) is 0 Å². The van der Waals surface area contributed by atoms with Gasteiger partial charge in [0.05, 0.1) is 12.5 Å². The Balaban J connectivity index is 2.37. The van der Waals surface area contributed by atoms with E-state index in [-0.39, 0.29) is 12.5 Å². The second-order valence-corrected chi connectivity index (χ2v) is 5.77. The fraction of sp³-hybridized carbons (Fsp3) is 0.769. The monoisotopic (exact) mass is 258 g/mol. The maximum absolute atomic E-state index is 10.5. The Kier molecular flexibility index (Phi) is 6.66. The van der Waals surface area contributed by atoms with E-state index in [1.54, 1.807) is 18.9 Å². The van der Waals surface area contributed by atoms with Crippen LogP contribution in [0.4, 0.5) is 0 Å². The summed E-state index contributed by atoms with van der Waals surface area (Å²) in [6.07, 6.45) is 8.25. The van der Waals surface area contributed by atoms with Crippen molar-refractivity contribution < 1.29 is 14.6 Å². The predicted molar refractivity (Wildman–Crippen MR) is 71.5 cm³/mol. The molecule has 3 nitrogen and oxygen atoms in total. The Morgan fingerprint density at radius 2 is 2.29 bits per heavy atom. The van der Waals surface area contributed by atoms with Gasteiger partial charge in [0.2, 0.25) is 0 Å². The molecule has 0 radical (unpaired) electrons. The van der Waals surface area contributed by atoms with Gasteiger partial charge < -0.3 is 9.84 Å². The van der Waals surface area contributed by atoms with E-state index in [1.165, 1.54) is 6.42 Å². The SMILES string of the molecule is C/C=C\C1CC[C@H](SCCC(=O)O)C(OC)C1. The maximum Gasteiger partial charge on any atom is 0.304 e. The molecule has 1 aliphatic carbocycles. The highest BCUT2D eigenvalue weighted by atomic mass is 32.2. The summed E-state index contributed by atoms with van der Waals surface area (Å²) < 4.78 is 5.54. The van der Waals surface area contributed by atoms with Crippen LogP contribution in [0.2, 0.25) is 0 Å². The van der Waals surface area contributed by atoms with Gasteiger partial charge in [0, 0.05) is 18.1 Å². The van der Waals surface area contributed by atoms with Gasteiger partial charge in [-0.15, -0.1) is 0 Å². The molecule has 1 saturated carbocycles. The molecule has 1 fully saturated rings. The standard InChI is InChI=1S/C13H22O3S/c1-3-4-10-5-6-12(11(9-10)16-2)17-8-7-13(14)15/h3-4,10-12H,5-9H2,1-2H3,(H,14,15)/b4-3-/t10?,11?,12-/m0/s1. The molecule has 0 aromatic heterocycles. The predicted octanol–water partition coefficient (Wildman–Crippen LogP) is 2.95. The Labute approximate surface area is 108 Å². The smallest absolute Gasteiger partial charge is 0.304 e. The van der Waals surface area contributed by atoms with Crippen LogP contribution in [0.15, 0.2) is 12.2 Å². The first kappa shape index (κ1) is 14.6. The van der Waals surface area contributed by atoms with Crippen molar-refractivity contribution in [1.29, 1.82) is 0 Å². The van der Waals surface area contributed by atoms with Crippen LogP contribution >= 0.6 is 11.8 Å². The number of hydrogen-bond donors (Lipinski definition) is 1. The summed E-state index contributed by atoms with van der Waals surface area (Å²) in [6.45, 7) is 2.05. The van der Waals surface area contributed by atoms with Crippen molar-refractivity contribution in [3.05, 3.63) is 12.2 Å². The summed E-state index contributed by atoms with van der Waals surface area (Å²) >= 11 is 1.75. The third-order valence-electron chi connectivity index (χ3n) is 3.19. The minimum Gasteiger partial charge on any atom is -0.481 e. The minimum atomic E-state index is -0.714. The lowest BCUT2D eigenvalue weighted by Crippen LogP contribution is -2.33. The molecule has 17 heavy (non-hydrogen) atoms. The number of ether oxygens (including phenoxy) is 1.